The molecule has 0 aromatic carbocycles. The first-order valence-electron chi connectivity index (χ1n) is 6.74. The van der Waals surface area contributed by atoms with Gasteiger partial charge in [0, 0.05) is 5.75 Å². The second-order valence-electron chi connectivity index (χ2n) is 4.86. The Balaban J connectivity index is 4.31. The Labute approximate surface area is 138 Å². The molecule has 0 aromatic rings. The number of thiol groups is 1. The van der Waals surface area contributed by atoms with E-state index in [4.69, 9.17) is 15.9 Å². The number of aliphatic hydroxyl groups is 1. The van der Waals surface area contributed by atoms with Gasteiger partial charge >= 0.3 is 5.97 Å². The maximum absolute atomic E-state index is 11.7. The minimum absolute atomic E-state index is 0.102. The van der Waals surface area contributed by atoms with Crippen LogP contribution in [-0.4, -0.2) is 70.4 Å². The average Bonchev–Trinajstić information content (AvgIpc) is 2.48. The van der Waals surface area contributed by atoms with E-state index < -0.39 is 54.5 Å². The number of rotatable bonds is 9. The summed E-state index contributed by atoms with van der Waals surface area (Å²) in [5.74, 6) is -3.43. The molecular weight excluding hydrogens is 328 g/mol. The predicted molar refractivity (Wildman–Crippen MR) is 83.7 cm³/mol. The zero-order valence-corrected chi connectivity index (χ0v) is 13.7. The van der Waals surface area contributed by atoms with Gasteiger partial charge in [0.1, 0.15) is 18.1 Å². The molecule has 0 bridgehead atoms. The maximum Gasteiger partial charge on any atom is 0.327 e. The molecule has 0 aliphatic heterocycles. The molecule has 0 fully saturated rings. The van der Waals surface area contributed by atoms with Crippen molar-refractivity contribution in [2.24, 2.45) is 5.73 Å². The highest BCUT2D eigenvalue weighted by Gasteiger charge is 2.23. The van der Waals surface area contributed by atoms with Crippen molar-refractivity contribution >= 4 is 36.3 Å². The molecule has 0 aliphatic carbocycles. The van der Waals surface area contributed by atoms with E-state index in [0.29, 0.717) is 0 Å². The van der Waals surface area contributed by atoms with Gasteiger partial charge in [-0.15, -0.1) is 0 Å². The molecule has 3 amide bonds. The van der Waals surface area contributed by atoms with Gasteiger partial charge in [-0.2, -0.15) is 12.6 Å². The number of carbonyl (C=O) groups is 4. The van der Waals surface area contributed by atoms with Gasteiger partial charge in [-0.1, -0.05) is 0 Å². The van der Waals surface area contributed by atoms with E-state index in [1.165, 1.54) is 13.8 Å². The third-order valence-electron chi connectivity index (χ3n) is 2.81. The molecule has 0 aromatic heterocycles. The molecule has 10 nitrogen and oxygen atoms in total. The smallest absolute Gasteiger partial charge is 0.327 e. The third-order valence-corrected chi connectivity index (χ3v) is 3.18. The summed E-state index contributed by atoms with van der Waals surface area (Å²) < 4.78 is 0. The van der Waals surface area contributed by atoms with Crippen LogP contribution < -0.4 is 21.7 Å². The monoisotopic (exact) mass is 350 g/mol. The van der Waals surface area contributed by atoms with Crippen molar-refractivity contribution in [1.29, 1.82) is 0 Å². The van der Waals surface area contributed by atoms with Crippen LogP contribution in [0.3, 0.4) is 0 Å². The maximum atomic E-state index is 11.7. The molecule has 0 spiro atoms. The normalized spacial score (nSPS) is 15.7. The fourth-order valence-electron chi connectivity index (χ4n) is 1.34. The first kappa shape index (κ1) is 21.1. The Morgan fingerprint density at radius 2 is 1.70 bits per heavy atom. The molecule has 0 saturated heterocycles. The van der Waals surface area contributed by atoms with Gasteiger partial charge in [0.05, 0.1) is 12.6 Å². The van der Waals surface area contributed by atoms with Gasteiger partial charge in [0.25, 0.3) is 0 Å². The lowest BCUT2D eigenvalue weighted by molar-refractivity contribution is -0.141. The quantitative estimate of drug-likeness (QED) is 0.215. The Kier molecular flexibility index (Phi) is 9.22. The van der Waals surface area contributed by atoms with Gasteiger partial charge in [-0.25, -0.2) is 4.79 Å². The van der Waals surface area contributed by atoms with Crippen LogP contribution in [0.4, 0.5) is 0 Å². The zero-order chi connectivity index (χ0) is 18.2. The molecule has 0 aliphatic rings. The van der Waals surface area contributed by atoms with Crippen LogP contribution in [0.1, 0.15) is 13.8 Å². The van der Waals surface area contributed by atoms with E-state index in [1.54, 1.807) is 0 Å². The van der Waals surface area contributed by atoms with E-state index in [-0.39, 0.29) is 5.75 Å². The summed E-state index contributed by atoms with van der Waals surface area (Å²) in [4.78, 5) is 45.5. The number of hydrogen-bond acceptors (Lipinski definition) is 7. The van der Waals surface area contributed by atoms with Gasteiger partial charge < -0.3 is 31.9 Å². The molecule has 7 N–H and O–H groups in total. The van der Waals surface area contributed by atoms with Crippen LogP contribution in [0.2, 0.25) is 0 Å². The first-order valence-corrected chi connectivity index (χ1v) is 7.38. The molecule has 0 heterocycles. The highest BCUT2D eigenvalue weighted by molar-refractivity contribution is 7.80. The van der Waals surface area contributed by atoms with Crippen LogP contribution in [0.15, 0.2) is 0 Å². The van der Waals surface area contributed by atoms with Crippen molar-refractivity contribution in [3.8, 4) is 0 Å². The van der Waals surface area contributed by atoms with Crippen LogP contribution >= 0.6 is 12.6 Å². The number of hydrogen-bond donors (Lipinski definition) is 7. The van der Waals surface area contributed by atoms with Crippen LogP contribution in [-0.2, 0) is 19.2 Å². The van der Waals surface area contributed by atoms with E-state index in [0.717, 1.165) is 0 Å². The predicted octanol–water partition coefficient (Wildman–Crippen LogP) is -3.19. The lowest BCUT2D eigenvalue weighted by atomic mass is 10.2. The SMILES string of the molecule is CC(NC(=O)CNC(=O)C(N)C(C)O)C(=O)NC(CS)C(=O)O. The number of nitrogens with two attached hydrogens (primary N) is 1. The Bertz CT molecular complexity index is 459. The van der Waals surface area contributed by atoms with Crippen molar-refractivity contribution in [3.63, 3.8) is 0 Å². The fraction of sp³-hybridized carbons (Fsp3) is 0.667. The van der Waals surface area contributed by atoms with Gasteiger partial charge in [0.2, 0.25) is 17.7 Å². The first-order chi connectivity index (χ1) is 10.6. The fourth-order valence-corrected chi connectivity index (χ4v) is 1.59. The van der Waals surface area contributed by atoms with Crippen LogP contribution in [0.25, 0.3) is 0 Å². The summed E-state index contributed by atoms with van der Waals surface area (Å²) in [5.41, 5.74) is 5.37. The number of carboxylic acids is 1. The summed E-state index contributed by atoms with van der Waals surface area (Å²) in [6.45, 7) is 2.25. The third kappa shape index (κ3) is 7.81. The second-order valence-corrected chi connectivity index (χ2v) is 5.22. The minimum Gasteiger partial charge on any atom is -0.480 e. The summed E-state index contributed by atoms with van der Waals surface area (Å²) in [5, 5.41) is 24.6. The summed E-state index contributed by atoms with van der Waals surface area (Å²) in [6, 6.07) is -3.35. The Morgan fingerprint density at radius 3 is 2.13 bits per heavy atom. The van der Waals surface area contributed by atoms with E-state index in [1.807, 2.05) is 0 Å². The van der Waals surface area contributed by atoms with Gasteiger partial charge in [-0.05, 0) is 13.8 Å². The zero-order valence-electron chi connectivity index (χ0n) is 12.8. The van der Waals surface area contributed by atoms with Crippen molar-refractivity contribution in [2.45, 2.75) is 38.1 Å². The number of carboxylic acid groups (broad SMARTS) is 1. The molecule has 4 unspecified atom stereocenters. The minimum atomic E-state index is -1.24. The molecule has 0 rings (SSSR count). The van der Waals surface area contributed by atoms with Gasteiger partial charge in [0.15, 0.2) is 0 Å². The van der Waals surface area contributed by atoms with E-state index >= 15 is 0 Å². The number of aliphatic hydroxyl groups excluding tert-OH is 1. The molecular formula is C12H22N4O6S. The molecule has 11 heteroatoms. The summed E-state index contributed by atoms with van der Waals surface area (Å²) in [6.07, 6.45) is -1.07. The molecule has 0 radical (unpaired) electrons. The summed E-state index contributed by atoms with van der Waals surface area (Å²) in [7, 11) is 0. The topological polar surface area (TPSA) is 171 Å². The summed E-state index contributed by atoms with van der Waals surface area (Å²) >= 11 is 3.80. The van der Waals surface area contributed by atoms with E-state index in [2.05, 4.69) is 28.6 Å². The Morgan fingerprint density at radius 1 is 1.13 bits per heavy atom. The molecule has 0 saturated carbocycles. The van der Waals surface area contributed by atoms with Crippen molar-refractivity contribution < 1.29 is 29.4 Å². The van der Waals surface area contributed by atoms with Crippen LogP contribution in [0.5, 0.6) is 0 Å². The van der Waals surface area contributed by atoms with E-state index in [9.17, 15) is 19.2 Å². The van der Waals surface area contributed by atoms with Gasteiger partial charge in [-0.3, -0.25) is 14.4 Å². The second kappa shape index (κ2) is 10.0. The van der Waals surface area contributed by atoms with Crippen LogP contribution in [0, 0.1) is 0 Å². The number of aliphatic carboxylic acids is 1. The number of nitrogens with one attached hydrogen (secondary N) is 3. The highest BCUT2D eigenvalue weighted by atomic mass is 32.1. The van der Waals surface area contributed by atoms with Crippen molar-refractivity contribution in [3.05, 3.63) is 0 Å². The largest absolute Gasteiger partial charge is 0.480 e. The lowest BCUT2D eigenvalue weighted by Crippen LogP contribution is -2.53. The highest BCUT2D eigenvalue weighted by Crippen LogP contribution is 1.92. The molecule has 23 heavy (non-hydrogen) atoms. The Hall–Kier alpha value is -1.85. The number of carbonyl (C=O) groups excluding carboxylic acids is 3. The van der Waals surface area contributed by atoms with Crippen molar-refractivity contribution in [1.82, 2.24) is 16.0 Å². The molecule has 132 valence electrons. The average molecular weight is 350 g/mol. The standard InChI is InChI=1S/C12H22N4O6S/c1-5(10(19)16-7(4-23)12(21)22)15-8(18)3-14-11(20)9(13)6(2)17/h5-7,9,17,23H,3-4,13H2,1-2H3,(H,14,20)(H,15,18)(H,16,19)(H,21,22). The molecule has 4 atom stereocenters. The lowest BCUT2D eigenvalue weighted by Gasteiger charge is -2.18. The number of amides is 3. The van der Waals surface area contributed by atoms with Crippen molar-refractivity contribution in [2.75, 3.05) is 12.3 Å².